The quantitative estimate of drug-likeness (QED) is 0.388. The highest BCUT2D eigenvalue weighted by Gasteiger charge is 2.18. The van der Waals surface area contributed by atoms with E-state index in [0.717, 1.165) is 38.2 Å². The summed E-state index contributed by atoms with van der Waals surface area (Å²) in [5.74, 6) is 0. The van der Waals surface area contributed by atoms with Crippen molar-refractivity contribution in [1.82, 2.24) is 19.9 Å². The van der Waals surface area contributed by atoms with Gasteiger partial charge in [-0.05, 0) is 49.4 Å². The largest absolute Gasteiger partial charge is 0.389 e. The first-order chi connectivity index (χ1) is 13.5. The number of nitrogens with two attached hydrogens (primary N) is 1. The lowest BCUT2D eigenvalue weighted by atomic mass is 10.3. The molecule has 0 aliphatic rings. The highest BCUT2D eigenvalue weighted by atomic mass is 32.1. The molecule has 0 saturated carbocycles. The lowest BCUT2D eigenvalue weighted by Crippen LogP contribution is -1.85. The number of hydrogen-bond donors (Lipinski definition) is 1. The molecule has 4 aromatic rings. The molecule has 0 aliphatic carbocycles. The summed E-state index contributed by atoms with van der Waals surface area (Å²) in [4.78, 5) is 26.7. The Morgan fingerprint density at radius 1 is 0.929 bits per heavy atom. The predicted octanol–water partition coefficient (Wildman–Crippen LogP) is 4.52. The Bertz CT molecular complexity index is 1060. The zero-order valence-electron chi connectivity index (χ0n) is 15.1. The number of anilines is 1. The molecular formula is C18H16N6O2S2. The fourth-order valence-corrected chi connectivity index (χ4v) is 3.89. The highest BCUT2D eigenvalue weighted by molar-refractivity contribution is 7.19. The fourth-order valence-electron chi connectivity index (χ4n) is 2.19. The zero-order valence-corrected chi connectivity index (χ0v) is 16.7. The predicted molar refractivity (Wildman–Crippen MR) is 111 cm³/mol. The van der Waals surface area contributed by atoms with Gasteiger partial charge in [-0.2, -0.15) is 0 Å². The van der Waals surface area contributed by atoms with Gasteiger partial charge >= 0.3 is 5.00 Å². The molecule has 2 N–H and O–H groups in total. The molecule has 4 heterocycles. The summed E-state index contributed by atoms with van der Waals surface area (Å²) in [5.41, 5.74) is 8.88. The summed E-state index contributed by atoms with van der Waals surface area (Å²) in [6.45, 7) is 3.54. The van der Waals surface area contributed by atoms with Gasteiger partial charge in [0.2, 0.25) is 0 Å². The van der Waals surface area contributed by atoms with E-state index in [9.17, 15) is 10.1 Å². The molecule has 142 valence electrons. The Morgan fingerprint density at radius 3 is 1.86 bits per heavy atom. The summed E-state index contributed by atoms with van der Waals surface area (Å²) < 4.78 is 0. The first-order valence-electron chi connectivity index (χ1n) is 8.11. The zero-order chi connectivity index (χ0) is 20.1. The van der Waals surface area contributed by atoms with Gasteiger partial charge < -0.3 is 5.73 Å². The number of nitrogen functional groups attached to an aromatic ring is 1. The van der Waals surface area contributed by atoms with Crippen molar-refractivity contribution in [1.29, 1.82) is 0 Å². The van der Waals surface area contributed by atoms with E-state index in [1.165, 1.54) is 11.3 Å². The van der Waals surface area contributed by atoms with Gasteiger partial charge in [0, 0.05) is 35.9 Å². The molecule has 10 heteroatoms. The average Bonchev–Trinajstić information content (AvgIpc) is 3.26. The van der Waals surface area contributed by atoms with Crippen LogP contribution in [-0.4, -0.2) is 24.9 Å². The minimum absolute atomic E-state index is 0.0915. The van der Waals surface area contributed by atoms with Crippen LogP contribution in [0.4, 0.5) is 10.0 Å². The van der Waals surface area contributed by atoms with Crippen molar-refractivity contribution >= 4 is 32.7 Å². The highest BCUT2D eigenvalue weighted by Crippen LogP contribution is 2.32. The summed E-state index contributed by atoms with van der Waals surface area (Å²) in [6.07, 6.45) is 6.82. The number of hydrogen-bond acceptors (Lipinski definition) is 9. The Balaban J connectivity index is 0.000000162. The normalized spacial score (nSPS) is 10.2. The second-order valence-corrected chi connectivity index (χ2v) is 7.63. The fraction of sp³-hybridized carbons (Fsp3) is 0.111. The van der Waals surface area contributed by atoms with Crippen LogP contribution in [0, 0.1) is 24.0 Å². The molecule has 0 bridgehead atoms. The lowest BCUT2D eigenvalue weighted by Gasteiger charge is -1.91. The summed E-state index contributed by atoms with van der Waals surface area (Å²) in [6, 6.07) is 7.47. The van der Waals surface area contributed by atoms with Gasteiger partial charge in [-0.3, -0.25) is 20.1 Å². The topological polar surface area (TPSA) is 121 Å². The molecule has 0 spiro atoms. The van der Waals surface area contributed by atoms with Gasteiger partial charge in [-0.15, -0.1) is 0 Å². The van der Waals surface area contributed by atoms with Crippen molar-refractivity contribution < 1.29 is 4.92 Å². The maximum Gasteiger partial charge on any atom is 0.347 e. The number of aryl methyl sites for hydroxylation is 2. The molecule has 0 aromatic carbocycles. The van der Waals surface area contributed by atoms with Crippen LogP contribution < -0.4 is 5.73 Å². The Morgan fingerprint density at radius 2 is 1.46 bits per heavy atom. The second kappa shape index (κ2) is 8.63. The van der Waals surface area contributed by atoms with E-state index in [2.05, 4.69) is 19.9 Å². The molecule has 0 radical (unpaired) electrons. The third kappa shape index (κ3) is 4.53. The van der Waals surface area contributed by atoms with Crippen molar-refractivity contribution in [3.8, 4) is 21.1 Å². The maximum atomic E-state index is 10.6. The van der Waals surface area contributed by atoms with E-state index in [0.29, 0.717) is 10.7 Å². The van der Waals surface area contributed by atoms with Gasteiger partial charge in [-0.1, -0.05) is 11.3 Å². The molecule has 28 heavy (non-hydrogen) atoms. The monoisotopic (exact) mass is 412 g/mol. The van der Waals surface area contributed by atoms with Crippen molar-refractivity contribution in [2.75, 3.05) is 5.73 Å². The van der Waals surface area contributed by atoms with E-state index >= 15 is 0 Å². The Labute approximate surface area is 168 Å². The number of rotatable bonds is 3. The molecule has 0 saturated heterocycles. The minimum atomic E-state index is -0.410. The molecule has 4 aromatic heterocycles. The molecule has 0 amide bonds. The van der Waals surface area contributed by atoms with Crippen molar-refractivity contribution in [3.63, 3.8) is 0 Å². The summed E-state index contributed by atoms with van der Waals surface area (Å²) in [5, 5.41) is 13.1. The summed E-state index contributed by atoms with van der Waals surface area (Å²) >= 11 is 2.56. The first-order valence-corrected chi connectivity index (χ1v) is 9.74. The van der Waals surface area contributed by atoms with Gasteiger partial charge in [0.25, 0.3) is 0 Å². The van der Waals surface area contributed by atoms with Gasteiger partial charge in [0.15, 0.2) is 0 Å². The molecule has 0 fully saturated rings. The lowest BCUT2D eigenvalue weighted by molar-refractivity contribution is -0.380. The van der Waals surface area contributed by atoms with Crippen molar-refractivity contribution in [2.24, 2.45) is 0 Å². The van der Waals surface area contributed by atoms with E-state index in [1.807, 2.05) is 25.1 Å². The Hall–Kier alpha value is -3.24. The van der Waals surface area contributed by atoms with E-state index < -0.39 is 4.92 Å². The van der Waals surface area contributed by atoms with Gasteiger partial charge in [0.1, 0.15) is 20.7 Å². The minimum Gasteiger partial charge on any atom is -0.389 e. The molecular weight excluding hydrogens is 396 g/mol. The van der Waals surface area contributed by atoms with Crippen LogP contribution >= 0.6 is 22.7 Å². The molecule has 0 aliphatic heterocycles. The standard InChI is InChI=1S/C9H7N3O2S.C9H9N3S/c1-6-9(12(13)14)15-8(11-6)7-3-2-4-10-5-7;1-6-8(10)13-9(12-6)7-3-2-4-11-5-7/h2-5H,1H3;2-5H,10H2,1H3. The second-order valence-electron chi connectivity index (χ2n) is 5.62. The van der Waals surface area contributed by atoms with Crippen molar-refractivity contribution in [2.45, 2.75) is 13.8 Å². The van der Waals surface area contributed by atoms with Crippen LogP contribution in [-0.2, 0) is 0 Å². The van der Waals surface area contributed by atoms with Crippen LogP contribution in [0.1, 0.15) is 11.4 Å². The van der Waals surface area contributed by atoms with Gasteiger partial charge in [0.05, 0.1) is 10.6 Å². The van der Waals surface area contributed by atoms with E-state index in [1.54, 1.807) is 37.8 Å². The number of aromatic nitrogens is 4. The van der Waals surface area contributed by atoms with Gasteiger partial charge in [-0.25, -0.2) is 9.97 Å². The van der Waals surface area contributed by atoms with Crippen LogP contribution in [0.3, 0.4) is 0 Å². The van der Waals surface area contributed by atoms with Crippen molar-refractivity contribution in [3.05, 3.63) is 70.6 Å². The third-order valence-electron chi connectivity index (χ3n) is 3.59. The molecule has 8 nitrogen and oxygen atoms in total. The molecule has 0 unspecified atom stereocenters. The average molecular weight is 413 g/mol. The number of thiazole rings is 2. The van der Waals surface area contributed by atoms with Crippen LogP contribution in [0.25, 0.3) is 21.1 Å². The number of nitro groups is 1. The van der Waals surface area contributed by atoms with Crippen LogP contribution in [0.2, 0.25) is 0 Å². The van der Waals surface area contributed by atoms with Crippen LogP contribution in [0.15, 0.2) is 49.1 Å². The molecule has 0 atom stereocenters. The number of pyridine rings is 2. The summed E-state index contributed by atoms with van der Waals surface area (Å²) in [7, 11) is 0. The van der Waals surface area contributed by atoms with E-state index in [-0.39, 0.29) is 5.00 Å². The number of nitrogens with zero attached hydrogens (tertiary/aromatic N) is 5. The first kappa shape index (κ1) is 19.5. The molecule has 4 rings (SSSR count). The smallest absolute Gasteiger partial charge is 0.347 e. The van der Waals surface area contributed by atoms with Crippen LogP contribution in [0.5, 0.6) is 0 Å². The van der Waals surface area contributed by atoms with E-state index in [4.69, 9.17) is 5.73 Å². The third-order valence-corrected chi connectivity index (χ3v) is 5.78. The maximum absolute atomic E-state index is 10.6. The Kier molecular flexibility index (Phi) is 6.02. The SMILES string of the molecule is Cc1nc(-c2cccnc2)sc1N.Cc1nc(-c2cccnc2)sc1[N+](=O)[O-].